The van der Waals surface area contributed by atoms with Crippen LogP contribution in [0, 0.1) is 5.92 Å². The van der Waals surface area contributed by atoms with Gasteiger partial charge in [0.2, 0.25) is 0 Å². The third kappa shape index (κ3) is 4.57. The van der Waals surface area contributed by atoms with Crippen molar-refractivity contribution < 1.29 is 4.74 Å². The minimum absolute atomic E-state index is 0.268. The van der Waals surface area contributed by atoms with Crippen LogP contribution >= 0.6 is 11.6 Å². The average Bonchev–Trinajstić information content (AvgIpc) is 2.29. The van der Waals surface area contributed by atoms with Crippen LogP contribution in [0.5, 0.6) is 5.75 Å². The summed E-state index contributed by atoms with van der Waals surface area (Å²) in [6.07, 6.45) is 2.03. The molecule has 0 aromatic heterocycles. The summed E-state index contributed by atoms with van der Waals surface area (Å²) >= 11 is 6.14. The van der Waals surface area contributed by atoms with E-state index in [-0.39, 0.29) is 5.38 Å². The molecule has 0 spiro atoms. The highest BCUT2D eigenvalue weighted by Gasteiger charge is 2.11. The smallest absolute Gasteiger partial charge is 0.119 e. The zero-order valence-corrected chi connectivity index (χ0v) is 10.2. The number of benzene rings is 1. The molecular formula is C13H19ClO. The summed E-state index contributed by atoms with van der Waals surface area (Å²) in [6.45, 7) is 5.04. The van der Waals surface area contributed by atoms with Gasteiger partial charge >= 0.3 is 0 Å². The summed E-state index contributed by atoms with van der Waals surface area (Å²) in [5.74, 6) is 1.45. The first-order valence-corrected chi connectivity index (χ1v) is 5.99. The zero-order valence-electron chi connectivity index (χ0n) is 9.45. The minimum atomic E-state index is 0.268. The molecule has 0 N–H and O–H groups in total. The van der Waals surface area contributed by atoms with Crippen LogP contribution in [0.25, 0.3) is 0 Å². The van der Waals surface area contributed by atoms with Gasteiger partial charge in [-0.15, -0.1) is 11.6 Å². The van der Waals surface area contributed by atoms with E-state index in [4.69, 9.17) is 16.3 Å². The summed E-state index contributed by atoms with van der Waals surface area (Å²) < 4.78 is 5.61. The average molecular weight is 227 g/mol. The van der Waals surface area contributed by atoms with E-state index in [0.29, 0.717) is 5.92 Å². The number of hydrogen-bond donors (Lipinski definition) is 0. The number of ether oxygens (including phenoxy) is 1. The van der Waals surface area contributed by atoms with Crippen molar-refractivity contribution in [2.45, 2.75) is 32.1 Å². The first kappa shape index (κ1) is 12.4. The lowest BCUT2D eigenvalue weighted by molar-refractivity contribution is 0.280. The Bertz CT molecular complexity index is 260. The Labute approximate surface area is 97.4 Å². The van der Waals surface area contributed by atoms with Crippen LogP contribution < -0.4 is 4.74 Å². The molecule has 0 aliphatic carbocycles. The fourth-order valence-electron chi connectivity index (χ4n) is 1.46. The SMILES string of the molecule is CCC(Cl)C(C)CCOc1ccccc1. The summed E-state index contributed by atoms with van der Waals surface area (Å²) in [6, 6.07) is 9.90. The molecule has 84 valence electrons. The van der Waals surface area contributed by atoms with Crippen molar-refractivity contribution in [3.05, 3.63) is 30.3 Å². The molecular weight excluding hydrogens is 208 g/mol. The molecule has 0 fully saturated rings. The van der Waals surface area contributed by atoms with E-state index >= 15 is 0 Å². The molecule has 0 bridgehead atoms. The molecule has 0 saturated carbocycles. The van der Waals surface area contributed by atoms with Gasteiger partial charge in [-0.25, -0.2) is 0 Å². The standard InChI is InChI=1S/C13H19ClO/c1-3-13(14)11(2)9-10-15-12-7-5-4-6-8-12/h4-8,11,13H,3,9-10H2,1-2H3. The molecule has 0 heterocycles. The third-order valence-electron chi connectivity index (χ3n) is 2.59. The van der Waals surface area contributed by atoms with Gasteiger partial charge in [-0.3, -0.25) is 0 Å². The molecule has 0 amide bonds. The van der Waals surface area contributed by atoms with E-state index in [9.17, 15) is 0 Å². The molecule has 0 radical (unpaired) electrons. The van der Waals surface area contributed by atoms with E-state index in [0.717, 1.165) is 25.2 Å². The second-order valence-electron chi connectivity index (χ2n) is 3.85. The van der Waals surface area contributed by atoms with Gasteiger partial charge in [0.05, 0.1) is 6.61 Å². The lowest BCUT2D eigenvalue weighted by atomic mass is 10.0. The zero-order chi connectivity index (χ0) is 11.1. The predicted molar refractivity (Wildman–Crippen MR) is 65.7 cm³/mol. The fraction of sp³-hybridized carbons (Fsp3) is 0.538. The van der Waals surface area contributed by atoms with Crippen LogP contribution in [0.15, 0.2) is 30.3 Å². The number of alkyl halides is 1. The molecule has 0 saturated heterocycles. The van der Waals surface area contributed by atoms with E-state index in [1.807, 2.05) is 30.3 Å². The minimum Gasteiger partial charge on any atom is -0.494 e. The van der Waals surface area contributed by atoms with Gasteiger partial charge in [0.25, 0.3) is 0 Å². The van der Waals surface area contributed by atoms with Crippen molar-refractivity contribution in [1.82, 2.24) is 0 Å². The molecule has 1 aromatic rings. The van der Waals surface area contributed by atoms with E-state index in [1.54, 1.807) is 0 Å². The van der Waals surface area contributed by atoms with Crippen LogP contribution in [0.1, 0.15) is 26.7 Å². The Hall–Kier alpha value is -0.690. The topological polar surface area (TPSA) is 9.23 Å². The van der Waals surface area contributed by atoms with Crippen molar-refractivity contribution in [3.63, 3.8) is 0 Å². The van der Waals surface area contributed by atoms with Crippen LogP contribution in [0.4, 0.5) is 0 Å². The largest absolute Gasteiger partial charge is 0.494 e. The molecule has 15 heavy (non-hydrogen) atoms. The number of para-hydroxylation sites is 1. The number of rotatable bonds is 6. The van der Waals surface area contributed by atoms with Crippen molar-refractivity contribution in [1.29, 1.82) is 0 Å². The second-order valence-corrected chi connectivity index (χ2v) is 4.41. The Balaban J connectivity index is 2.22. The van der Waals surface area contributed by atoms with Crippen molar-refractivity contribution in [2.75, 3.05) is 6.61 Å². The first-order valence-electron chi connectivity index (χ1n) is 5.56. The van der Waals surface area contributed by atoms with Crippen molar-refractivity contribution >= 4 is 11.6 Å². The molecule has 2 atom stereocenters. The first-order chi connectivity index (χ1) is 7.24. The van der Waals surface area contributed by atoms with Crippen molar-refractivity contribution in [2.24, 2.45) is 5.92 Å². The highest BCUT2D eigenvalue weighted by Crippen LogP contribution is 2.18. The lowest BCUT2D eigenvalue weighted by Crippen LogP contribution is -2.13. The molecule has 1 nitrogen and oxygen atoms in total. The van der Waals surface area contributed by atoms with E-state index in [2.05, 4.69) is 13.8 Å². The van der Waals surface area contributed by atoms with Gasteiger partial charge in [0.1, 0.15) is 5.75 Å². The highest BCUT2D eigenvalue weighted by atomic mass is 35.5. The van der Waals surface area contributed by atoms with E-state index < -0.39 is 0 Å². The quantitative estimate of drug-likeness (QED) is 0.664. The highest BCUT2D eigenvalue weighted by molar-refractivity contribution is 6.20. The Morgan fingerprint density at radius 2 is 1.93 bits per heavy atom. The molecule has 1 rings (SSSR count). The van der Waals surface area contributed by atoms with Crippen LogP contribution in [-0.4, -0.2) is 12.0 Å². The van der Waals surface area contributed by atoms with Crippen molar-refractivity contribution in [3.8, 4) is 5.75 Å². The number of hydrogen-bond acceptors (Lipinski definition) is 1. The maximum absolute atomic E-state index is 6.14. The van der Waals surface area contributed by atoms with Gasteiger partial charge in [-0.2, -0.15) is 0 Å². The maximum Gasteiger partial charge on any atom is 0.119 e. The van der Waals surface area contributed by atoms with Gasteiger partial charge in [0, 0.05) is 5.38 Å². The Morgan fingerprint density at radius 3 is 2.53 bits per heavy atom. The number of halogens is 1. The van der Waals surface area contributed by atoms with Crippen LogP contribution in [-0.2, 0) is 0 Å². The van der Waals surface area contributed by atoms with Crippen LogP contribution in [0.2, 0.25) is 0 Å². The van der Waals surface area contributed by atoms with Gasteiger partial charge in [-0.05, 0) is 30.9 Å². The molecule has 0 aliphatic rings. The molecule has 2 unspecified atom stereocenters. The molecule has 0 aliphatic heterocycles. The normalized spacial score (nSPS) is 14.6. The lowest BCUT2D eigenvalue weighted by Gasteiger charge is -2.16. The molecule has 1 aromatic carbocycles. The molecule has 2 heteroatoms. The van der Waals surface area contributed by atoms with Gasteiger partial charge in [-0.1, -0.05) is 32.0 Å². The second kappa shape index (κ2) is 6.73. The maximum atomic E-state index is 6.14. The van der Waals surface area contributed by atoms with E-state index in [1.165, 1.54) is 0 Å². The summed E-state index contributed by atoms with van der Waals surface area (Å²) in [5, 5.41) is 0.268. The summed E-state index contributed by atoms with van der Waals surface area (Å²) in [7, 11) is 0. The summed E-state index contributed by atoms with van der Waals surface area (Å²) in [4.78, 5) is 0. The Morgan fingerprint density at radius 1 is 1.27 bits per heavy atom. The summed E-state index contributed by atoms with van der Waals surface area (Å²) in [5.41, 5.74) is 0. The monoisotopic (exact) mass is 226 g/mol. The Kier molecular flexibility index (Phi) is 5.56. The van der Waals surface area contributed by atoms with Gasteiger partial charge < -0.3 is 4.74 Å². The van der Waals surface area contributed by atoms with Crippen LogP contribution in [0.3, 0.4) is 0 Å². The van der Waals surface area contributed by atoms with Gasteiger partial charge in [0.15, 0.2) is 0 Å². The third-order valence-corrected chi connectivity index (χ3v) is 3.33. The predicted octanol–water partition coefficient (Wildman–Crippen LogP) is 4.11. The fourth-order valence-corrected chi connectivity index (χ4v) is 1.59.